The van der Waals surface area contributed by atoms with Crippen molar-refractivity contribution in [1.29, 1.82) is 0 Å². The van der Waals surface area contributed by atoms with E-state index in [2.05, 4.69) is 32.3 Å². The highest BCUT2D eigenvalue weighted by atomic mass is 16.5. The molecule has 0 atom stereocenters. The predicted molar refractivity (Wildman–Crippen MR) is 123 cm³/mol. The summed E-state index contributed by atoms with van der Waals surface area (Å²) in [7, 11) is 2.02. The van der Waals surface area contributed by atoms with Crippen LogP contribution in [0.2, 0.25) is 0 Å². The number of carbonyl (C=O) groups excluding carboxylic acids is 1. The number of rotatable bonds is 6. The van der Waals surface area contributed by atoms with Crippen LogP contribution in [0, 0.1) is 5.92 Å². The first-order valence-corrected chi connectivity index (χ1v) is 11.8. The van der Waals surface area contributed by atoms with Crippen molar-refractivity contribution in [3.05, 3.63) is 41.9 Å². The fourth-order valence-electron chi connectivity index (χ4n) is 4.90. The summed E-state index contributed by atoms with van der Waals surface area (Å²) in [5.74, 6) is 0.328. The van der Waals surface area contributed by atoms with Crippen LogP contribution in [0.1, 0.15) is 43.5 Å². The molecule has 4 heterocycles. The molecule has 2 aliphatic heterocycles. The molecule has 2 aliphatic rings. The van der Waals surface area contributed by atoms with Gasteiger partial charge in [-0.3, -0.25) is 14.4 Å². The van der Waals surface area contributed by atoms with E-state index in [-0.39, 0.29) is 11.7 Å². The Morgan fingerprint density at radius 1 is 1.09 bits per heavy atom. The largest absolute Gasteiger partial charge is 0.381 e. The van der Waals surface area contributed by atoms with Crippen LogP contribution in [0.15, 0.2) is 30.5 Å². The molecule has 3 aromatic rings. The van der Waals surface area contributed by atoms with Crippen molar-refractivity contribution in [2.75, 3.05) is 26.3 Å². The van der Waals surface area contributed by atoms with Crippen LogP contribution < -0.4 is 0 Å². The Kier molecular flexibility index (Phi) is 6.28. The summed E-state index contributed by atoms with van der Waals surface area (Å²) in [6, 6.07) is 8.28. The topological polar surface area (TPSA) is 73.1 Å². The summed E-state index contributed by atoms with van der Waals surface area (Å²) >= 11 is 0. The highest BCUT2D eigenvalue weighted by Gasteiger charge is 2.22. The van der Waals surface area contributed by atoms with Crippen LogP contribution >= 0.6 is 0 Å². The van der Waals surface area contributed by atoms with Crippen LogP contribution in [0.25, 0.3) is 22.0 Å². The van der Waals surface area contributed by atoms with Gasteiger partial charge in [0.1, 0.15) is 5.78 Å². The number of hydrogen-bond donors (Lipinski definition) is 0. The van der Waals surface area contributed by atoms with Crippen molar-refractivity contribution >= 4 is 16.7 Å². The molecule has 32 heavy (non-hydrogen) atoms. The van der Waals surface area contributed by atoms with E-state index in [0.29, 0.717) is 19.6 Å². The van der Waals surface area contributed by atoms with Gasteiger partial charge in [-0.25, -0.2) is 0 Å². The van der Waals surface area contributed by atoms with Crippen LogP contribution in [0.5, 0.6) is 0 Å². The Morgan fingerprint density at radius 3 is 2.72 bits per heavy atom. The third kappa shape index (κ3) is 4.59. The van der Waals surface area contributed by atoms with Gasteiger partial charge in [0.2, 0.25) is 0 Å². The number of nitrogens with zero attached hydrogens (tertiary/aromatic N) is 5. The molecule has 0 amide bonds. The normalized spacial score (nSPS) is 18.3. The van der Waals surface area contributed by atoms with Gasteiger partial charge in [-0.15, -0.1) is 0 Å². The zero-order chi connectivity index (χ0) is 21.9. The molecule has 7 heteroatoms. The Bertz CT molecular complexity index is 1100. The first-order chi connectivity index (χ1) is 15.7. The summed E-state index contributed by atoms with van der Waals surface area (Å²) < 4.78 is 7.38. The molecule has 0 bridgehead atoms. The van der Waals surface area contributed by atoms with Gasteiger partial charge in [-0.2, -0.15) is 15.3 Å². The average Bonchev–Trinajstić information content (AvgIpc) is 3.19. The maximum absolute atomic E-state index is 12.7. The minimum absolute atomic E-state index is 0.0836. The molecule has 1 aromatic carbocycles. The fourth-order valence-corrected chi connectivity index (χ4v) is 4.90. The summed E-state index contributed by atoms with van der Waals surface area (Å²) in [6.45, 7) is 4.58. The van der Waals surface area contributed by atoms with E-state index >= 15 is 0 Å². The lowest BCUT2D eigenvalue weighted by Gasteiger charge is -2.26. The van der Waals surface area contributed by atoms with E-state index in [0.717, 1.165) is 60.2 Å². The lowest BCUT2D eigenvalue weighted by atomic mass is 9.92. The van der Waals surface area contributed by atoms with Crippen molar-refractivity contribution < 1.29 is 9.53 Å². The second-order valence-electron chi connectivity index (χ2n) is 9.10. The van der Waals surface area contributed by atoms with E-state index < -0.39 is 0 Å². The molecule has 2 saturated heterocycles. The van der Waals surface area contributed by atoms with Crippen LogP contribution in [0.3, 0.4) is 0 Å². The zero-order valence-corrected chi connectivity index (χ0v) is 18.8. The molecule has 168 valence electrons. The van der Waals surface area contributed by atoms with Gasteiger partial charge in [0, 0.05) is 43.7 Å². The van der Waals surface area contributed by atoms with Crippen molar-refractivity contribution in [3.8, 4) is 11.1 Å². The zero-order valence-electron chi connectivity index (χ0n) is 18.8. The van der Waals surface area contributed by atoms with E-state index in [1.54, 1.807) is 0 Å². The minimum atomic E-state index is 0.0836. The highest BCUT2D eigenvalue weighted by molar-refractivity contribution is 5.87. The number of hydrogen-bond acceptors (Lipinski definition) is 6. The smallest absolute Gasteiger partial charge is 0.142 e. The number of piperidine rings is 1. The molecule has 0 unspecified atom stereocenters. The van der Waals surface area contributed by atoms with E-state index in [1.165, 1.54) is 25.0 Å². The van der Waals surface area contributed by atoms with Gasteiger partial charge in [0.15, 0.2) is 0 Å². The molecule has 0 saturated carbocycles. The monoisotopic (exact) mass is 433 g/mol. The lowest BCUT2D eigenvalue weighted by molar-refractivity contribution is -0.125. The molecule has 5 rings (SSSR count). The molecular weight excluding hydrogens is 402 g/mol. The SMILES string of the molecule is Cn1ncc(-c2ccc3nnc(CC(=O)C4CCOCC4)cc3c2)c1CN1CCCCC1. The van der Waals surface area contributed by atoms with Gasteiger partial charge >= 0.3 is 0 Å². The Balaban J connectivity index is 1.39. The Hall–Kier alpha value is -2.64. The van der Waals surface area contributed by atoms with Crippen molar-refractivity contribution in [3.63, 3.8) is 0 Å². The quantitative estimate of drug-likeness (QED) is 0.592. The molecule has 0 N–H and O–H groups in total. The predicted octanol–water partition coefficient (Wildman–Crippen LogP) is 3.55. The average molecular weight is 434 g/mol. The first kappa shape index (κ1) is 21.2. The number of likely N-dealkylation sites (tertiary alicyclic amines) is 1. The highest BCUT2D eigenvalue weighted by Crippen LogP contribution is 2.28. The second kappa shape index (κ2) is 9.46. The second-order valence-corrected chi connectivity index (χ2v) is 9.10. The number of fused-ring (bicyclic) bond motifs is 1. The Labute approximate surface area is 188 Å². The number of benzene rings is 1. The molecule has 0 aliphatic carbocycles. The fraction of sp³-hybridized carbons (Fsp3) is 0.520. The number of ketones is 1. The molecular formula is C25H31N5O2. The van der Waals surface area contributed by atoms with Crippen LogP contribution in [0.4, 0.5) is 0 Å². The molecule has 0 radical (unpaired) electrons. The minimum Gasteiger partial charge on any atom is -0.381 e. The van der Waals surface area contributed by atoms with Crippen molar-refractivity contribution in [1.82, 2.24) is 24.9 Å². The Morgan fingerprint density at radius 2 is 1.91 bits per heavy atom. The standard InChI is InChI=1S/C25H31N5O2/c1-29-24(17-30-9-3-2-4-10-30)22(16-26-29)19-5-6-23-20(13-19)14-21(27-28-23)15-25(31)18-7-11-32-12-8-18/h5-6,13-14,16,18H,2-4,7-12,15,17H2,1H3. The number of aromatic nitrogens is 4. The molecule has 2 aromatic heterocycles. The lowest BCUT2D eigenvalue weighted by Crippen LogP contribution is -2.30. The van der Waals surface area contributed by atoms with E-state index in [1.807, 2.05) is 30.1 Å². The van der Waals surface area contributed by atoms with Gasteiger partial charge in [-0.1, -0.05) is 12.5 Å². The van der Waals surface area contributed by atoms with Gasteiger partial charge < -0.3 is 4.74 Å². The third-order valence-electron chi connectivity index (χ3n) is 6.86. The van der Waals surface area contributed by atoms with Crippen molar-refractivity contribution in [2.24, 2.45) is 13.0 Å². The number of Topliss-reactive ketones (excluding diaryl/α,β-unsaturated/α-hetero) is 1. The number of ether oxygens (including phenoxy) is 1. The number of carbonyl (C=O) groups is 1. The van der Waals surface area contributed by atoms with Gasteiger partial charge in [-0.05, 0) is 62.5 Å². The number of aryl methyl sites for hydroxylation is 1. The third-order valence-corrected chi connectivity index (χ3v) is 6.86. The molecule has 7 nitrogen and oxygen atoms in total. The molecule has 0 spiro atoms. The summed E-state index contributed by atoms with van der Waals surface area (Å²) in [5, 5.41) is 14.3. The van der Waals surface area contributed by atoms with Crippen LogP contribution in [-0.2, 0) is 29.5 Å². The molecule has 2 fully saturated rings. The van der Waals surface area contributed by atoms with E-state index in [9.17, 15) is 4.79 Å². The van der Waals surface area contributed by atoms with Crippen LogP contribution in [-0.4, -0.2) is 57.0 Å². The maximum atomic E-state index is 12.7. The summed E-state index contributed by atoms with van der Waals surface area (Å²) in [4.78, 5) is 15.2. The summed E-state index contributed by atoms with van der Waals surface area (Å²) in [6.07, 6.45) is 7.80. The maximum Gasteiger partial charge on any atom is 0.142 e. The first-order valence-electron chi connectivity index (χ1n) is 11.8. The van der Waals surface area contributed by atoms with Crippen molar-refractivity contribution in [2.45, 2.75) is 45.1 Å². The van der Waals surface area contributed by atoms with E-state index in [4.69, 9.17) is 4.74 Å². The summed E-state index contributed by atoms with van der Waals surface area (Å²) in [5.41, 5.74) is 5.12. The van der Waals surface area contributed by atoms with Gasteiger partial charge in [0.05, 0.1) is 29.5 Å². The van der Waals surface area contributed by atoms with Gasteiger partial charge in [0.25, 0.3) is 0 Å².